The second kappa shape index (κ2) is 7.91. The molecule has 1 N–H and O–H groups in total. The largest absolute Gasteiger partial charge is 0.314 e. The average molecular weight is 283 g/mol. The molecule has 2 rings (SSSR count). The van der Waals surface area contributed by atoms with Crippen LogP contribution >= 0.6 is 0 Å². The summed E-state index contributed by atoms with van der Waals surface area (Å²) in [7, 11) is 1.95. The third-order valence-electron chi connectivity index (χ3n) is 3.55. The minimum atomic E-state index is 0.486. The minimum Gasteiger partial charge on any atom is -0.314 e. The van der Waals surface area contributed by atoms with Gasteiger partial charge in [0.2, 0.25) is 0 Å². The molecule has 1 aromatic heterocycles. The van der Waals surface area contributed by atoms with Gasteiger partial charge in [0.25, 0.3) is 0 Å². The molecule has 0 spiro atoms. The molecule has 112 valence electrons. The van der Waals surface area contributed by atoms with Crippen molar-refractivity contribution in [2.75, 3.05) is 7.05 Å². The molecular formula is C18H25N3. The van der Waals surface area contributed by atoms with E-state index >= 15 is 0 Å². The maximum Gasteiger partial charge on any atom is 0.0548 e. The fourth-order valence-corrected chi connectivity index (χ4v) is 2.34. The van der Waals surface area contributed by atoms with Crippen LogP contribution in [0.15, 0.2) is 48.5 Å². The van der Waals surface area contributed by atoms with Gasteiger partial charge in [-0.05, 0) is 38.6 Å². The Labute approximate surface area is 128 Å². The molecule has 0 radical (unpaired) electrons. The molecule has 0 aliphatic carbocycles. The Kier molecular flexibility index (Phi) is 5.90. The highest BCUT2D eigenvalue weighted by Crippen LogP contribution is 2.12. The van der Waals surface area contributed by atoms with Crippen LogP contribution < -0.4 is 5.32 Å². The van der Waals surface area contributed by atoms with Crippen molar-refractivity contribution in [2.24, 2.45) is 0 Å². The first-order chi connectivity index (χ1) is 10.2. The molecule has 21 heavy (non-hydrogen) atoms. The van der Waals surface area contributed by atoms with Gasteiger partial charge in [0.1, 0.15) is 0 Å². The first-order valence-electron chi connectivity index (χ1n) is 7.56. The maximum absolute atomic E-state index is 4.72. The first-order valence-corrected chi connectivity index (χ1v) is 7.56. The highest BCUT2D eigenvalue weighted by atomic mass is 15.1. The van der Waals surface area contributed by atoms with Crippen LogP contribution in [0.3, 0.4) is 0 Å². The van der Waals surface area contributed by atoms with Gasteiger partial charge < -0.3 is 5.32 Å². The van der Waals surface area contributed by atoms with Crippen molar-refractivity contribution in [3.63, 3.8) is 0 Å². The second-order valence-corrected chi connectivity index (χ2v) is 5.63. The zero-order valence-electron chi connectivity index (χ0n) is 13.2. The van der Waals surface area contributed by atoms with E-state index in [4.69, 9.17) is 4.98 Å². The molecule has 0 aliphatic heterocycles. The van der Waals surface area contributed by atoms with Crippen LogP contribution in [0.1, 0.15) is 30.8 Å². The summed E-state index contributed by atoms with van der Waals surface area (Å²) >= 11 is 0. The van der Waals surface area contributed by atoms with Crippen molar-refractivity contribution in [2.45, 2.75) is 39.5 Å². The number of nitrogens with zero attached hydrogens (tertiary/aromatic N) is 2. The van der Waals surface area contributed by atoms with Crippen LogP contribution in [0.5, 0.6) is 0 Å². The van der Waals surface area contributed by atoms with Gasteiger partial charge in [-0.15, -0.1) is 0 Å². The van der Waals surface area contributed by atoms with E-state index in [2.05, 4.69) is 72.6 Å². The van der Waals surface area contributed by atoms with E-state index in [0.717, 1.165) is 31.0 Å². The molecule has 0 aliphatic rings. The molecule has 0 atom stereocenters. The summed E-state index contributed by atoms with van der Waals surface area (Å²) in [5.74, 6) is 0. The molecule has 0 saturated heterocycles. The Morgan fingerprint density at radius 3 is 2.33 bits per heavy atom. The summed E-state index contributed by atoms with van der Waals surface area (Å²) in [6.07, 6.45) is 0. The third-order valence-corrected chi connectivity index (χ3v) is 3.55. The van der Waals surface area contributed by atoms with Crippen molar-refractivity contribution in [3.8, 4) is 0 Å². The number of hydrogen-bond donors (Lipinski definition) is 1. The lowest BCUT2D eigenvalue weighted by Gasteiger charge is -2.26. The molecule has 0 fully saturated rings. The monoisotopic (exact) mass is 283 g/mol. The highest BCUT2D eigenvalue weighted by Gasteiger charge is 2.11. The summed E-state index contributed by atoms with van der Waals surface area (Å²) < 4.78 is 0. The number of nitrogens with one attached hydrogen (secondary N) is 1. The molecular weight excluding hydrogens is 258 g/mol. The molecule has 1 heterocycles. The van der Waals surface area contributed by atoms with Crippen LogP contribution in [0.2, 0.25) is 0 Å². The van der Waals surface area contributed by atoms with Crippen LogP contribution in [-0.4, -0.2) is 23.0 Å². The summed E-state index contributed by atoms with van der Waals surface area (Å²) in [5.41, 5.74) is 3.57. The zero-order valence-corrected chi connectivity index (χ0v) is 13.2. The number of hydrogen-bond acceptors (Lipinski definition) is 3. The van der Waals surface area contributed by atoms with Gasteiger partial charge in [0, 0.05) is 25.7 Å². The van der Waals surface area contributed by atoms with Gasteiger partial charge in [-0.25, -0.2) is 0 Å². The molecule has 0 amide bonds. The van der Waals surface area contributed by atoms with E-state index in [1.54, 1.807) is 0 Å². The van der Waals surface area contributed by atoms with Crippen LogP contribution in [0, 0.1) is 0 Å². The highest BCUT2D eigenvalue weighted by molar-refractivity contribution is 5.15. The van der Waals surface area contributed by atoms with Crippen LogP contribution in [-0.2, 0) is 19.6 Å². The smallest absolute Gasteiger partial charge is 0.0548 e. The van der Waals surface area contributed by atoms with Crippen molar-refractivity contribution >= 4 is 0 Å². The Balaban J connectivity index is 2.07. The molecule has 3 heteroatoms. The molecule has 0 bridgehead atoms. The van der Waals surface area contributed by atoms with E-state index in [9.17, 15) is 0 Å². The molecule has 2 aromatic rings. The fraction of sp³-hybridized carbons (Fsp3) is 0.389. The number of aromatic nitrogens is 1. The van der Waals surface area contributed by atoms with E-state index in [-0.39, 0.29) is 0 Å². The van der Waals surface area contributed by atoms with E-state index in [0.29, 0.717) is 6.04 Å². The number of pyridine rings is 1. The third kappa shape index (κ3) is 4.96. The predicted molar refractivity (Wildman–Crippen MR) is 87.8 cm³/mol. The predicted octanol–water partition coefficient (Wildman–Crippen LogP) is 3.21. The van der Waals surface area contributed by atoms with Crippen molar-refractivity contribution in [1.29, 1.82) is 0 Å². The van der Waals surface area contributed by atoms with E-state index in [1.165, 1.54) is 5.56 Å². The van der Waals surface area contributed by atoms with Gasteiger partial charge in [-0.1, -0.05) is 36.4 Å². The standard InChI is InChI=1S/C18H25N3/c1-15(2)21(13-16-8-5-4-6-9-16)14-18-11-7-10-17(20-18)12-19-3/h4-11,15,19H,12-14H2,1-3H3. The van der Waals surface area contributed by atoms with Gasteiger partial charge in [0.15, 0.2) is 0 Å². The lowest BCUT2D eigenvalue weighted by molar-refractivity contribution is 0.201. The second-order valence-electron chi connectivity index (χ2n) is 5.63. The maximum atomic E-state index is 4.72. The van der Waals surface area contributed by atoms with Crippen LogP contribution in [0.25, 0.3) is 0 Å². The summed E-state index contributed by atoms with van der Waals surface area (Å²) in [5, 5.41) is 3.15. The van der Waals surface area contributed by atoms with Gasteiger partial charge >= 0.3 is 0 Å². The van der Waals surface area contributed by atoms with Gasteiger partial charge in [0.05, 0.1) is 11.4 Å². The van der Waals surface area contributed by atoms with E-state index in [1.807, 2.05) is 7.05 Å². The van der Waals surface area contributed by atoms with Crippen LogP contribution in [0.4, 0.5) is 0 Å². The SMILES string of the molecule is CNCc1cccc(CN(Cc2ccccc2)C(C)C)n1. The molecule has 0 unspecified atom stereocenters. The topological polar surface area (TPSA) is 28.2 Å². The summed E-state index contributed by atoms with van der Waals surface area (Å²) in [4.78, 5) is 7.17. The number of rotatable bonds is 7. The summed E-state index contributed by atoms with van der Waals surface area (Å²) in [6, 6.07) is 17.4. The molecule has 1 aromatic carbocycles. The first kappa shape index (κ1) is 15.7. The zero-order chi connectivity index (χ0) is 15.1. The van der Waals surface area contributed by atoms with Gasteiger partial charge in [-0.2, -0.15) is 0 Å². The minimum absolute atomic E-state index is 0.486. The van der Waals surface area contributed by atoms with Gasteiger partial charge in [-0.3, -0.25) is 9.88 Å². The quantitative estimate of drug-likeness (QED) is 0.845. The Morgan fingerprint density at radius 1 is 0.952 bits per heavy atom. The molecule has 3 nitrogen and oxygen atoms in total. The normalized spacial score (nSPS) is 11.3. The fourth-order valence-electron chi connectivity index (χ4n) is 2.34. The summed E-state index contributed by atoms with van der Waals surface area (Å²) in [6.45, 7) is 7.12. The number of benzene rings is 1. The lowest BCUT2D eigenvalue weighted by atomic mass is 10.1. The Bertz CT molecular complexity index is 537. The lowest BCUT2D eigenvalue weighted by Crippen LogP contribution is -2.30. The van der Waals surface area contributed by atoms with Crippen molar-refractivity contribution in [1.82, 2.24) is 15.2 Å². The average Bonchev–Trinajstić information content (AvgIpc) is 2.48. The Hall–Kier alpha value is -1.71. The Morgan fingerprint density at radius 2 is 1.67 bits per heavy atom. The van der Waals surface area contributed by atoms with Crippen molar-refractivity contribution in [3.05, 3.63) is 65.5 Å². The van der Waals surface area contributed by atoms with Crippen molar-refractivity contribution < 1.29 is 0 Å². The van der Waals surface area contributed by atoms with E-state index < -0.39 is 0 Å². The molecule has 0 saturated carbocycles.